The SMILES string of the molecule is CC(NC(=O)C1CCCN(C(=O)c2cccs2)C1)c1ccc2c(c1)OCO2. The number of piperidine rings is 1. The molecule has 6 nitrogen and oxygen atoms in total. The number of hydrogen-bond acceptors (Lipinski definition) is 5. The minimum atomic E-state index is -0.181. The number of likely N-dealkylation sites (tertiary alicyclic amines) is 1. The number of rotatable bonds is 4. The van der Waals surface area contributed by atoms with Crippen LogP contribution in [0.1, 0.15) is 41.0 Å². The van der Waals surface area contributed by atoms with Gasteiger partial charge in [-0.2, -0.15) is 0 Å². The van der Waals surface area contributed by atoms with Crippen LogP contribution in [0.25, 0.3) is 0 Å². The Morgan fingerprint density at radius 2 is 2.11 bits per heavy atom. The summed E-state index contributed by atoms with van der Waals surface area (Å²) < 4.78 is 10.7. The van der Waals surface area contributed by atoms with E-state index in [4.69, 9.17) is 9.47 Å². The van der Waals surface area contributed by atoms with Crippen molar-refractivity contribution in [1.82, 2.24) is 10.2 Å². The van der Waals surface area contributed by atoms with Crippen LogP contribution in [0.4, 0.5) is 0 Å². The second kappa shape index (κ2) is 7.60. The van der Waals surface area contributed by atoms with Crippen molar-refractivity contribution in [3.05, 3.63) is 46.2 Å². The molecule has 1 N–H and O–H groups in total. The second-order valence-corrected chi connectivity index (χ2v) is 7.86. The van der Waals surface area contributed by atoms with Crippen LogP contribution in [-0.4, -0.2) is 36.6 Å². The number of carbonyl (C=O) groups excluding carboxylic acids is 2. The van der Waals surface area contributed by atoms with E-state index in [1.54, 1.807) is 4.90 Å². The molecule has 2 aliphatic rings. The van der Waals surface area contributed by atoms with Gasteiger partial charge in [-0.1, -0.05) is 12.1 Å². The first-order chi connectivity index (χ1) is 13.1. The van der Waals surface area contributed by atoms with Crippen LogP contribution in [0.3, 0.4) is 0 Å². The standard InChI is InChI=1S/C20H22N2O4S/c1-13(14-6-7-16-17(10-14)26-12-25-16)21-19(23)15-4-2-8-22(11-15)20(24)18-5-3-9-27-18/h3,5-7,9-10,13,15H,2,4,8,11-12H2,1H3,(H,21,23). The Kier molecular flexibility index (Phi) is 5.03. The van der Waals surface area contributed by atoms with E-state index in [1.807, 2.05) is 42.6 Å². The molecule has 0 saturated carbocycles. The van der Waals surface area contributed by atoms with E-state index in [1.165, 1.54) is 11.3 Å². The summed E-state index contributed by atoms with van der Waals surface area (Å²) >= 11 is 1.44. The summed E-state index contributed by atoms with van der Waals surface area (Å²) in [7, 11) is 0. The van der Waals surface area contributed by atoms with Gasteiger partial charge in [-0.05, 0) is 48.9 Å². The molecule has 1 saturated heterocycles. The van der Waals surface area contributed by atoms with E-state index < -0.39 is 0 Å². The fourth-order valence-corrected chi connectivity index (χ4v) is 4.22. The van der Waals surface area contributed by atoms with Gasteiger partial charge in [0, 0.05) is 13.1 Å². The van der Waals surface area contributed by atoms with Gasteiger partial charge >= 0.3 is 0 Å². The van der Waals surface area contributed by atoms with Crippen LogP contribution < -0.4 is 14.8 Å². The lowest BCUT2D eigenvalue weighted by Gasteiger charge is -2.32. The summed E-state index contributed by atoms with van der Waals surface area (Å²) in [6, 6.07) is 9.27. The Labute approximate surface area is 162 Å². The highest BCUT2D eigenvalue weighted by Crippen LogP contribution is 2.34. The minimum Gasteiger partial charge on any atom is -0.454 e. The highest BCUT2D eigenvalue weighted by molar-refractivity contribution is 7.12. The average molecular weight is 386 g/mol. The summed E-state index contributed by atoms with van der Waals surface area (Å²) in [6.07, 6.45) is 1.64. The summed E-state index contributed by atoms with van der Waals surface area (Å²) in [5.41, 5.74) is 0.968. The van der Waals surface area contributed by atoms with Crippen molar-refractivity contribution in [2.24, 2.45) is 5.92 Å². The van der Waals surface area contributed by atoms with Crippen molar-refractivity contribution in [3.8, 4) is 11.5 Å². The molecule has 1 aromatic carbocycles. The lowest BCUT2D eigenvalue weighted by Crippen LogP contribution is -2.45. The zero-order valence-electron chi connectivity index (χ0n) is 15.1. The van der Waals surface area contributed by atoms with Crippen LogP contribution in [0.5, 0.6) is 11.5 Å². The molecule has 2 aliphatic heterocycles. The molecule has 1 fully saturated rings. The van der Waals surface area contributed by atoms with Crippen molar-refractivity contribution in [3.63, 3.8) is 0 Å². The number of benzene rings is 1. The fourth-order valence-electron chi connectivity index (χ4n) is 3.53. The Bertz CT molecular complexity index is 837. The van der Waals surface area contributed by atoms with Crippen LogP contribution in [0, 0.1) is 5.92 Å². The van der Waals surface area contributed by atoms with Gasteiger partial charge in [0.05, 0.1) is 16.8 Å². The maximum Gasteiger partial charge on any atom is 0.263 e. The molecule has 2 aromatic rings. The predicted molar refractivity (Wildman–Crippen MR) is 102 cm³/mol. The number of ether oxygens (including phenoxy) is 2. The number of carbonyl (C=O) groups is 2. The smallest absolute Gasteiger partial charge is 0.263 e. The molecule has 7 heteroatoms. The van der Waals surface area contributed by atoms with E-state index in [0.717, 1.165) is 29.0 Å². The monoisotopic (exact) mass is 386 g/mol. The molecule has 1 aromatic heterocycles. The topological polar surface area (TPSA) is 67.9 Å². The molecule has 142 valence electrons. The highest BCUT2D eigenvalue weighted by Gasteiger charge is 2.30. The Morgan fingerprint density at radius 3 is 2.93 bits per heavy atom. The van der Waals surface area contributed by atoms with Gasteiger partial charge in [0.25, 0.3) is 5.91 Å². The normalized spacial score (nSPS) is 19.6. The molecular formula is C20H22N2O4S. The fraction of sp³-hybridized carbons (Fsp3) is 0.400. The van der Waals surface area contributed by atoms with E-state index in [-0.39, 0.29) is 30.6 Å². The number of amides is 2. The van der Waals surface area contributed by atoms with Crippen molar-refractivity contribution in [2.75, 3.05) is 19.9 Å². The zero-order chi connectivity index (χ0) is 18.8. The molecule has 0 spiro atoms. The van der Waals surface area contributed by atoms with Gasteiger partial charge in [-0.15, -0.1) is 11.3 Å². The third kappa shape index (κ3) is 3.78. The van der Waals surface area contributed by atoms with E-state index in [0.29, 0.717) is 18.8 Å². The number of fused-ring (bicyclic) bond motifs is 1. The maximum atomic E-state index is 12.8. The molecule has 0 aliphatic carbocycles. The Hall–Kier alpha value is -2.54. The first kappa shape index (κ1) is 17.9. The molecular weight excluding hydrogens is 364 g/mol. The first-order valence-corrected chi connectivity index (χ1v) is 10.0. The highest BCUT2D eigenvalue weighted by atomic mass is 32.1. The van der Waals surface area contributed by atoms with Gasteiger partial charge in [0.15, 0.2) is 11.5 Å². The third-order valence-electron chi connectivity index (χ3n) is 5.07. The second-order valence-electron chi connectivity index (χ2n) is 6.91. The van der Waals surface area contributed by atoms with Crippen molar-refractivity contribution >= 4 is 23.2 Å². The predicted octanol–water partition coefficient (Wildman–Crippen LogP) is 3.21. The number of nitrogens with one attached hydrogen (secondary N) is 1. The summed E-state index contributed by atoms with van der Waals surface area (Å²) in [5.74, 6) is 1.26. The maximum absolute atomic E-state index is 12.8. The average Bonchev–Trinajstić information content (AvgIpc) is 3.38. The van der Waals surface area contributed by atoms with Crippen LogP contribution in [0.15, 0.2) is 35.7 Å². The summed E-state index contributed by atoms with van der Waals surface area (Å²) in [5, 5.41) is 4.98. The van der Waals surface area contributed by atoms with Crippen molar-refractivity contribution in [1.29, 1.82) is 0 Å². The van der Waals surface area contributed by atoms with Gasteiger partial charge in [-0.3, -0.25) is 9.59 Å². The molecule has 4 rings (SSSR count). The number of nitrogens with zero attached hydrogens (tertiary/aromatic N) is 1. The summed E-state index contributed by atoms with van der Waals surface area (Å²) in [6.45, 7) is 3.36. The molecule has 3 heterocycles. The van der Waals surface area contributed by atoms with Gasteiger partial charge in [0.1, 0.15) is 0 Å². The lowest BCUT2D eigenvalue weighted by molar-refractivity contribution is -0.127. The van der Waals surface area contributed by atoms with E-state index in [9.17, 15) is 9.59 Å². The number of hydrogen-bond donors (Lipinski definition) is 1. The van der Waals surface area contributed by atoms with Gasteiger partial charge in [-0.25, -0.2) is 0 Å². The zero-order valence-corrected chi connectivity index (χ0v) is 16.0. The Morgan fingerprint density at radius 1 is 1.26 bits per heavy atom. The number of thiophene rings is 1. The van der Waals surface area contributed by atoms with Gasteiger partial charge < -0.3 is 19.7 Å². The Balaban J connectivity index is 1.38. The van der Waals surface area contributed by atoms with Crippen molar-refractivity contribution in [2.45, 2.75) is 25.8 Å². The molecule has 2 unspecified atom stereocenters. The molecule has 2 atom stereocenters. The summed E-state index contributed by atoms with van der Waals surface area (Å²) in [4.78, 5) is 27.9. The van der Waals surface area contributed by atoms with E-state index >= 15 is 0 Å². The van der Waals surface area contributed by atoms with E-state index in [2.05, 4.69) is 5.32 Å². The molecule has 0 bridgehead atoms. The quantitative estimate of drug-likeness (QED) is 0.876. The van der Waals surface area contributed by atoms with Crippen LogP contribution in [0.2, 0.25) is 0 Å². The minimum absolute atomic E-state index is 0.0103. The molecule has 0 radical (unpaired) electrons. The van der Waals surface area contributed by atoms with Crippen molar-refractivity contribution < 1.29 is 19.1 Å². The first-order valence-electron chi connectivity index (χ1n) is 9.14. The third-order valence-corrected chi connectivity index (χ3v) is 5.92. The largest absolute Gasteiger partial charge is 0.454 e. The lowest BCUT2D eigenvalue weighted by atomic mass is 9.96. The van der Waals surface area contributed by atoms with Gasteiger partial charge in [0.2, 0.25) is 12.7 Å². The van der Waals surface area contributed by atoms with Crippen LogP contribution >= 0.6 is 11.3 Å². The van der Waals surface area contributed by atoms with Crippen LogP contribution in [-0.2, 0) is 4.79 Å². The molecule has 2 amide bonds. The molecule has 27 heavy (non-hydrogen) atoms.